The zero-order valence-electron chi connectivity index (χ0n) is 13.5. The van der Waals surface area contributed by atoms with E-state index >= 15 is 0 Å². The predicted octanol–water partition coefficient (Wildman–Crippen LogP) is 4.19. The quantitative estimate of drug-likeness (QED) is 0.528. The van der Waals surface area contributed by atoms with Gasteiger partial charge in [-0.15, -0.1) is 0 Å². The van der Waals surface area contributed by atoms with Crippen LogP contribution in [-0.2, 0) is 5.75 Å². The Bertz CT molecular complexity index is 1020. The number of ether oxygens (including phenoxy) is 1. The minimum Gasteiger partial charge on any atom is -0.497 e. The Morgan fingerprint density at radius 2 is 1.88 bits per heavy atom. The molecule has 132 valence electrons. The van der Waals surface area contributed by atoms with E-state index in [2.05, 4.69) is 20.1 Å². The average Bonchev–Trinajstić information content (AvgIpc) is 3.27. The maximum atomic E-state index is 13.2. The molecule has 0 radical (unpaired) electrons. The Hall–Kier alpha value is -2.94. The van der Waals surface area contributed by atoms with Crippen molar-refractivity contribution in [1.82, 2.24) is 20.1 Å². The van der Waals surface area contributed by atoms with Crippen LogP contribution in [0.25, 0.3) is 22.4 Å². The number of thioether (sulfide) groups is 1. The lowest BCUT2D eigenvalue weighted by Gasteiger charge is -1.98. The van der Waals surface area contributed by atoms with Crippen molar-refractivity contribution in [3.05, 3.63) is 53.9 Å². The maximum Gasteiger partial charge on any atom is 0.237 e. The number of methoxy groups -OCH3 is 1. The molecule has 0 saturated carbocycles. The molecule has 0 amide bonds. The van der Waals surface area contributed by atoms with Crippen molar-refractivity contribution >= 4 is 22.8 Å². The number of H-pyrrole nitrogens is 1. The van der Waals surface area contributed by atoms with E-state index in [-0.39, 0.29) is 0 Å². The Morgan fingerprint density at radius 1 is 1.12 bits per heavy atom. The zero-order chi connectivity index (χ0) is 18.1. The Kier molecular flexibility index (Phi) is 4.29. The molecule has 0 aliphatic heterocycles. The molecule has 2 aromatic heterocycles. The van der Waals surface area contributed by atoms with Crippen LogP contribution in [0.2, 0.25) is 0 Å². The average molecular weight is 374 g/mol. The second-order valence-corrected chi connectivity index (χ2v) is 6.32. The van der Waals surface area contributed by atoms with E-state index in [0.29, 0.717) is 33.7 Å². The van der Waals surface area contributed by atoms with Crippen LogP contribution in [0.3, 0.4) is 0 Å². The Labute approximate surface area is 150 Å². The zero-order valence-corrected chi connectivity index (χ0v) is 14.3. The molecule has 0 bridgehead atoms. The molecule has 0 saturated heterocycles. The molecule has 4 aromatic rings. The molecule has 0 aliphatic rings. The number of benzene rings is 2. The van der Waals surface area contributed by atoms with E-state index in [1.165, 1.54) is 11.8 Å². The molecule has 6 nitrogen and oxygen atoms in total. The third kappa shape index (κ3) is 3.25. The van der Waals surface area contributed by atoms with E-state index in [1.807, 2.05) is 24.3 Å². The number of nitrogens with one attached hydrogen (secondary N) is 1. The van der Waals surface area contributed by atoms with E-state index in [4.69, 9.17) is 9.26 Å². The fourth-order valence-corrected chi connectivity index (χ4v) is 3.07. The number of fused-ring (bicyclic) bond motifs is 1. The second kappa shape index (κ2) is 6.75. The van der Waals surface area contributed by atoms with Gasteiger partial charge in [0.2, 0.25) is 11.7 Å². The van der Waals surface area contributed by atoms with Crippen LogP contribution >= 0.6 is 11.8 Å². The van der Waals surface area contributed by atoms with Crippen LogP contribution in [0.5, 0.6) is 5.75 Å². The molecular formula is C17H12F2N4O2S. The van der Waals surface area contributed by atoms with Crippen LogP contribution in [0, 0.1) is 11.6 Å². The summed E-state index contributed by atoms with van der Waals surface area (Å²) in [7, 11) is 1.60. The monoisotopic (exact) mass is 374 g/mol. The molecular weight excluding hydrogens is 362 g/mol. The number of rotatable bonds is 5. The van der Waals surface area contributed by atoms with Gasteiger partial charge in [-0.05, 0) is 24.3 Å². The van der Waals surface area contributed by atoms with Crippen molar-refractivity contribution in [2.24, 2.45) is 0 Å². The normalized spacial score (nSPS) is 11.2. The van der Waals surface area contributed by atoms with Gasteiger partial charge in [0.25, 0.3) is 0 Å². The van der Waals surface area contributed by atoms with Crippen molar-refractivity contribution in [1.29, 1.82) is 0 Å². The SMILES string of the molecule is COc1ccc(-c2noc(CSc3nc4cc(F)c(F)cc4[nH]3)n2)cc1. The summed E-state index contributed by atoms with van der Waals surface area (Å²) in [5, 5.41) is 4.46. The highest BCUT2D eigenvalue weighted by Gasteiger charge is 2.12. The van der Waals surface area contributed by atoms with Crippen molar-refractivity contribution < 1.29 is 18.0 Å². The highest BCUT2D eigenvalue weighted by atomic mass is 32.2. The van der Waals surface area contributed by atoms with Gasteiger partial charge in [0.15, 0.2) is 16.8 Å². The van der Waals surface area contributed by atoms with Crippen molar-refractivity contribution in [2.45, 2.75) is 10.9 Å². The third-order valence-electron chi connectivity index (χ3n) is 3.65. The van der Waals surface area contributed by atoms with Gasteiger partial charge >= 0.3 is 0 Å². The largest absolute Gasteiger partial charge is 0.497 e. The van der Waals surface area contributed by atoms with Gasteiger partial charge in [-0.1, -0.05) is 16.9 Å². The number of halogens is 2. The van der Waals surface area contributed by atoms with Crippen molar-refractivity contribution in [2.75, 3.05) is 7.11 Å². The van der Waals surface area contributed by atoms with Gasteiger partial charge in [-0.25, -0.2) is 13.8 Å². The fourth-order valence-electron chi connectivity index (χ4n) is 2.35. The molecule has 0 spiro atoms. The summed E-state index contributed by atoms with van der Waals surface area (Å²) in [4.78, 5) is 11.5. The van der Waals surface area contributed by atoms with Crippen LogP contribution in [0.15, 0.2) is 46.1 Å². The molecule has 2 heterocycles. The molecule has 0 unspecified atom stereocenters. The first-order valence-electron chi connectivity index (χ1n) is 7.57. The summed E-state index contributed by atoms with van der Waals surface area (Å²) < 4.78 is 36.8. The molecule has 26 heavy (non-hydrogen) atoms. The van der Waals surface area contributed by atoms with Crippen molar-refractivity contribution in [3.63, 3.8) is 0 Å². The lowest BCUT2D eigenvalue weighted by Crippen LogP contribution is -1.85. The molecule has 9 heteroatoms. The van der Waals surface area contributed by atoms with E-state index in [0.717, 1.165) is 23.4 Å². The van der Waals surface area contributed by atoms with E-state index in [1.54, 1.807) is 7.11 Å². The van der Waals surface area contributed by atoms with Crippen molar-refractivity contribution in [3.8, 4) is 17.1 Å². The van der Waals surface area contributed by atoms with Crippen LogP contribution < -0.4 is 4.74 Å². The molecule has 0 atom stereocenters. The minimum atomic E-state index is -0.929. The lowest BCUT2D eigenvalue weighted by molar-refractivity contribution is 0.391. The predicted molar refractivity (Wildman–Crippen MR) is 91.9 cm³/mol. The van der Waals surface area contributed by atoms with Gasteiger partial charge in [0.05, 0.1) is 23.9 Å². The molecule has 2 aromatic carbocycles. The van der Waals surface area contributed by atoms with Crippen LogP contribution in [0.1, 0.15) is 5.89 Å². The highest BCUT2D eigenvalue weighted by molar-refractivity contribution is 7.98. The first-order valence-corrected chi connectivity index (χ1v) is 8.55. The summed E-state index contributed by atoms with van der Waals surface area (Å²) in [5.74, 6) is 0.148. The van der Waals surface area contributed by atoms with E-state index < -0.39 is 11.6 Å². The first-order chi connectivity index (χ1) is 12.6. The highest BCUT2D eigenvalue weighted by Crippen LogP contribution is 2.25. The summed E-state index contributed by atoms with van der Waals surface area (Å²) in [6.45, 7) is 0. The fraction of sp³-hybridized carbons (Fsp3) is 0.118. The third-order valence-corrected chi connectivity index (χ3v) is 4.51. The second-order valence-electron chi connectivity index (χ2n) is 5.35. The topological polar surface area (TPSA) is 76.8 Å². The molecule has 1 N–H and O–H groups in total. The maximum absolute atomic E-state index is 13.2. The number of aromatic amines is 1. The van der Waals surface area contributed by atoms with E-state index in [9.17, 15) is 8.78 Å². The van der Waals surface area contributed by atoms with Gasteiger partial charge in [0, 0.05) is 17.7 Å². The van der Waals surface area contributed by atoms with Gasteiger partial charge < -0.3 is 14.2 Å². The Balaban J connectivity index is 1.47. The van der Waals surface area contributed by atoms with Gasteiger partial charge in [0.1, 0.15) is 5.75 Å². The summed E-state index contributed by atoms with van der Waals surface area (Å²) in [6.07, 6.45) is 0. The number of nitrogens with zero attached hydrogens (tertiary/aromatic N) is 3. The van der Waals surface area contributed by atoms with Gasteiger partial charge in [-0.2, -0.15) is 4.98 Å². The lowest BCUT2D eigenvalue weighted by atomic mass is 10.2. The number of hydrogen-bond acceptors (Lipinski definition) is 6. The van der Waals surface area contributed by atoms with Gasteiger partial charge in [-0.3, -0.25) is 0 Å². The number of hydrogen-bond donors (Lipinski definition) is 1. The molecule has 4 rings (SSSR count). The summed E-state index contributed by atoms with van der Waals surface area (Å²) >= 11 is 1.30. The standard InChI is InChI=1S/C17H12F2N4O2S/c1-24-10-4-2-9(3-5-10)16-22-15(25-23-16)8-26-17-20-13-6-11(18)12(19)7-14(13)21-17/h2-7H,8H2,1H3,(H,20,21). The summed E-state index contributed by atoms with van der Waals surface area (Å²) in [6, 6.07) is 9.43. The Morgan fingerprint density at radius 3 is 2.65 bits per heavy atom. The molecule has 0 aliphatic carbocycles. The smallest absolute Gasteiger partial charge is 0.237 e. The molecule has 0 fully saturated rings. The summed E-state index contributed by atoms with van der Waals surface area (Å²) in [5.41, 5.74) is 1.59. The minimum absolute atomic E-state index is 0.357. The number of imidazole rings is 1. The first kappa shape index (κ1) is 16.5. The van der Waals surface area contributed by atoms with Crippen LogP contribution in [-0.4, -0.2) is 27.2 Å². The van der Waals surface area contributed by atoms with Crippen LogP contribution in [0.4, 0.5) is 8.78 Å². The number of aromatic nitrogens is 4.